The normalized spacial score (nSPS) is 25.9. The Morgan fingerprint density at radius 1 is 0.889 bits per heavy atom. The summed E-state index contributed by atoms with van der Waals surface area (Å²) in [7, 11) is 2.99. The number of halogens is 3. The lowest BCUT2D eigenvalue weighted by Crippen LogP contribution is -2.53. The average Bonchev–Trinajstić information content (AvgIpc) is 3.54. The summed E-state index contributed by atoms with van der Waals surface area (Å²) in [6.07, 6.45) is 2.39. The highest BCUT2D eigenvalue weighted by Crippen LogP contribution is 2.64. The number of carbonyl (C=O) groups excluding carboxylic acids is 4. The van der Waals surface area contributed by atoms with E-state index in [1.165, 1.54) is 18.1 Å². The van der Waals surface area contributed by atoms with Gasteiger partial charge in [0, 0.05) is 10.9 Å². The SMILES string of the molecule is COc1ccc([C@@]23C(=O)N(Nc4ccc(Cl)cc4Cl)C(=O)[C@@H]2C[C@@H]2C(=CC[C@@H]4C(=O)N(Cc5ccccc5)C(=O)[C@@H]42)[C@@H]3c2cc(I)c(O)c(OC)c2)cc1. The van der Waals surface area contributed by atoms with Crippen LogP contribution in [-0.4, -0.2) is 52.9 Å². The maximum absolute atomic E-state index is 15.5. The first kappa shape index (κ1) is 36.4. The summed E-state index contributed by atoms with van der Waals surface area (Å²) in [5, 5.41) is 12.6. The van der Waals surface area contributed by atoms with Crippen molar-refractivity contribution in [2.75, 3.05) is 19.6 Å². The van der Waals surface area contributed by atoms with Gasteiger partial charge in [-0.15, -0.1) is 0 Å². The van der Waals surface area contributed by atoms with E-state index in [1.54, 1.807) is 55.6 Å². The van der Waals surface area contributed by atoms with Crippen molar-refractivity contribution in [1.29, 1.82) is 0 Å². The third-order valence-electron chi connectivity index (χ3n) is 11.5. The van der Waals surface area contributed by atoms with E-state index in [0.29, 0.717) is 31.2 Å². The Hall–Kier alpha value is -4.59. The molecule has 276 valence electrons. The summed E-state index contributed by atoms with van der Waals surface area (Å²) in [6, 6.07) is 24.6. The monoisotopic (exact) mass is 877 g/mol. The van der Waals surface area contributed by atoms with Crippen LogP contribution in [0.2, 0.25) is 10.0 Å². The largest absolute Gasteiger partial charge is 0.504 e. The maximum atomic E-state index is 15.5. The van der Waals surface area contributed by atoms with E-state index in [-0.39, 0.29) is 47.7 Å². The number of carbonyl (C=O) groups is 4. The third-order valence-corrected chi connectivity index (χ3v) is 12.8. The van der Waals surface area contributed by atoms with E-state index in [2.05, 4.69) is 5.43 Å². The number of allylic oxidation sites excluding steroid dienone is 2. The first-order chi connectivity index (χ1) is 26.0. The molecule has 4 aliphatic rings. The molecule has 13 heteroatoms. The van der Waals surface area contributed by atoms with E-state index in [4.69, 9.17) is 32.7 Å². The molecule has 4 aromatic rings. The number of imide groups is 2. The molecule has 3 fully saturated rings. The number of hydrogen-bond donors (Lipinski definition) is 2. The molecule has 0 aromatic heterocycles. The van der Waals surface area contributed by atoms with Crippen molar-refractivity contribution in [2.45, 2.75) is 30.7 Å². The Morgan fingerprint density at radius 3 is 2.31 bits per heavy atom. The Morgan fingerprint density at radius 2 is 1.63 bits per heavy atom. The average molecular weight is 879 g/mol. The van der Waals surface area contributed by atoms with Crippen molar-refractivity contribution in [2.24, 2.45) is 23.7 Å². The van der Waals surface area contributed by atoms with Crippen LogP contribution < -0.4 is 14.9 Å². The number of likely N-dealkylation sites (tertiary alicyclic amines) is 1. The van der Waals surface area contributed by atoms with Crippen LogP contribution in [0.15, 0.2) is 96.6 Å². The lowest BCUT2D eigenvalue weighted by atomic mass is 9.49. The van der Waals surface area contributed by atoms with Crippen molar-refractivity contribution in [3.05, 3.63) is 127 Å². The summed E-state index contributed by atoms with van der Waals surface area (Å²) >= 11 is 14.8. The zero-order valence-corrected chi connectivity index (χ0v) is 32.8. The van der Waals surface area contributed by atoms with Crippen molar-refractivity contribution in [1.82, 2.24) is 9.91 Å². The standard InChI is InChI=1S/C41H34Cl2IN3O7/c1-53-25-11-8-23(9-12-25)41-29(38(50)47(40(41)52)45-32-15-10-24(42)18-30(32)43)19-28-26(35(41)22-16-31(44)36(48)33(17-22)54-2)13-14-27-34(28)39(51)46(37(27)49)20-21-6-4-3-5-7-21/h3-13,15-18,27-29,34-35,45,48H,14,19-20H2,1-2H3/t27-,28+,29-,34-,35-,41+/m0/s1. The van der Waals surface area contributed by atoms with E-state index < -0.39 is 46.8 Å². The predicted molar refractivity (Wildman–Crippen MR) is 210 cm³/mol. The molecule has 2 heterocycles. The first-order valence-corrected chi connectivity index (χ1v) is 19.2. The molecule has 0 radical (unpaired) electrons. The zero-order chi connectivity index (χ0) is 38.1. The second kappa shape index (κ2) is 13.9. The molecule has 2 aliphatic heterocycles. The van der Waals surface area contributed by atoms with Crippen molar-refractivity contribution in [3.63, 3.8) is 0 Å². The molecular formula is C41H34Cl2IN3O7. The van der Waals surface area contributed by atoms with Crippen LogP contribution >= 0.6 is 45.8 Å². The van der Waals surface area contributed by atoms with E-state index in [0.717, 1.165) is 16.1 Å². The zero-order valence-electron chi connectivity index (χ0n) is 29.1. The number of methoxy groups -OCH3 is 2. The molecule has 54 heavy (non-hydrogen) atoms. The van der Waals surface area contributed by atoms with Crippen LogP contribution in [0.5, 0.6) is 17.2 Å². The fourth-order valence-electron chi connectivity index (χ4n) is 9.12. The number of fused-ring (bicyclic) bond motifs is 4. The molecule has 0 spiro atoms. The van der Waals surface area contributed by atoms with Crippen LogP contribution in [0.1, 0.15) is 35.4 Å². The molecule has 6 atom stereocenters. The minimum absolute atomic E-state index is 0.0652. The van der Waals surface area contributed by atoms with E-state index in [9.17, 15) is 19.5 Å². The van der Waals surface area contributed by atoms with Gasteiger partial charge in [0.1, 0.15) is 5.75 Å². The number of ether oxygens (including phenoxy) is 2. The highest BCUT2D eigenvalue weighted by molar-refractivity contribution is 14.1. The minimum atomic E-state index is -1.55. The van der Waals surface area contributed by atoms with Gasteiger partial charge in [-0.2, -0.15) is 5.01 Å². The van der Waals surface area contributed by atoms with Gasteiger partial charge in [0.2, 0.25) is 11.8 Å². The molecule has 8 rings (SSSR count). The number of hydrazine groups is 1. The van der Waals surface area contributed by atoms with Gasteiger partial charge in [0.15, 0.2) is 11.5 Å². The van der Waals surface area contributed by atoms with Gasteiger partial charge in [-0.25, -0.2) is 0 Å². The minimum Gasteiger partial charge on any atom is -0.504 e. The first-order valence-electron chi connectivity index (χ1n) is 17.4. The Bertz CT molecular complexity index is 2250. The summed E-state index contributed by atoms with van der Waals surface area (Å²) in [6.45, 7) is 0.139. The maximum Gasteiger partial charge on any atom is 0.260 e. The van der Waals surface area contributed by atoms with Gasteiger partial charge in [-0.1, -0.05) is 77.3 Å². The number of aromatic hydroxyl groups is 1. The second-order valence-corrected chi connectivity index (χ2v) is 16.0. The molecule has 4 amide bonds. The number of nitrogens with one attached hydrogen (secondary N) is 1. The van der Waals surface area contributed by atoms with Crippen molar-refractivity contribution in [3.8, 4) is 17.2 Å². The molecule has 0 bridgehead atoms. The van der Waals surface area contributed by atoms with E-state index in [1.807, 2.05) is 59.0 Å². The number of anilines is 1. The molecule has 2 aliphatic carbocycles. The van der Waals surface area contributed by atoms with Crippen LogP contribution in [0.25, 0.3) is 0 Å². The van der Waals surface area contributed by atoms with Crippen molar-refractivity contribution < 1.29 is 33.8 Å². The second-order valence-electron chi connectivity index (χ2n) is 14.0. The summed E-state index contributed by atoms with van der Waals surface area (Å²) < 4.78 is 11.6. The molecule has 2 saturated heterocycles. The molecule has 0 unspecified atom stereocenters. The number of amides is 4. The fraction of sp³-hybridized carbons (Fsp3) is 0.268. The van der Waals surface area contributed by atoms with Gasteiger partial charge in [-0.05, 0) is 101 Å². The van der Waals surface area contributed by atoms with Gasteiger partial charge < -0.3 is 14.6 Å². The molecule has 4 aromatic carbocycles. The lowest BCUT2D eigenvalue weighted by Gasteiger charge is -2.50. The predicted octanol–water partition coefficient (Wildman–Crippen LogP) is 7.51. The van der Waals surface area contributed by atoms with Crippen LogP contribution in [0.3, 0.4) is 0 Å². The van der Waals surface area contributed by atoms with Gasteiger partial charge >= 0.3 is 0 Å². The number of benzene rings is 4. The third kappa shape index (κ3) is 5.57. The lowest BCUT2D eigenvalue weighted by molar-refractivity contribution is -0.142. The number of hydrogen-bond acceptors (Lipinski definition) is 8. The molecule has 10 nitrogen and oxygen atoms in total. The Balaban J connectivity index is 1.33. The van der Waals surface area contributed by atoms with E-state index >= 15 is 4.79 Å². The quantitative estimate of drug-likeness (QED) is 0.106. The van der Waals surface area contributed by atoms with Crippen molar-refractivity contribution >= 4 is 75.1 Å². The number of phenols is 1. The van der Waals surface area contributed by atoms with Crippen LogP contribution in [0, 0.1) is 27.2 Å². The van der Waals surface area contributed by atoms with Gasteiger partial charge in [0.25, 0.3) is 11.8 Å². The fourth-order valence-corrected chi connectivity index (χ4v) is 10.2. The topological polar surface area (TPSA) is 125 Å². The molecule has 1 saturated carbocycles. The molecule has 2 N–H and O–H groups in total. The highest BCUT2D eigenvalue weighted by atomic mass is 127. The van der Waals surface area contributed by atoms with Gasteiger partial charge in [-0.3, -0.25) is 29.5 Å². The Kier molecular flexibility index (Phi) is 9.38. The van der Waals surface area contributed by atoms with Crippen LogP contribution in [0.4, 0.5) is 5.69 Å². The summed E-state index contributed by atoms with van der Waals surface area (Å²) in [4.78, 5) is 60.3. The Labute approximate surface area is 335 Å². The summed E-state index contributed by atoms with van der Waals surface area (Å²) in [5.41, 5.74) is 4.53. The highest BCUT2D eigenvalue weighted by Gasteiger charge is 2.70. The van der Waals surface area contributed by atoms with Crippen LogP contribution in [-0.2, 0) is 31.1 Å². The number of nitrogens with zero attached hydrogens (tertiary/aromatic N) is 2. The number of rotatable bonds is 8. The van der Waals surface area contributed by atoms with Gasteiger partial charge in [0.05, 0.1) is 58.2 Å². The number of phenolic OH excluding ortho intramolecular Hbond substituents is 1. The summed E-state index contributed by atoms with van der Waals surface area (Å²) in [5.74, 6) is -4.63. The smallest absolute Gasteiger partial charge is 0.260 e. The molecular weight excluding hydrogens is 844 g/mol.